The first-order valence-corrected chi connectivity index (χ1v) is 25.1. The normalized spacial score (nSPS) is 17.3. The minimum Gasteiger partial charge on any atom is -0.453 e. The van der Waals surface area contributed by atoms with Crippen molar-refractivity contribution in [2.45, 2.75) is 110 Å². The largest absolute Gasteiger partial charge is 0.453 e. The smallest absolute Gasteiger partial charge is 0.407 e. The summed E-state index contributed by atoms with van der Waals surface area (Å²) in [5.74, 6) is 0.947. The number of alkyl halides is 8. The van der Waals surface area contributed by atoms with Crippen LogP contribution in [0.4, 0.5) is 59.3 Å². The van der Waals surface area contributed by atoms with Gasteiger partial charge in [-0.3, -0.25) is 19.8 Å². The van der Waals surface area contributed by atoms with Gasteiger partial charge in [0.2, 0.25) is 11.8 Å². The third kappa shape index (κ3) is 15.2. The van der Waals surface area contributed by atoms with Crippen LogP contribution in [0.1, 0.15) is 76.3 Å². The second-order valence-corrected chi connectivity index (χ2v) is 20.8. The average Bonchev–Trinajstić information content (AvgIpc) is 3.74. The molecule has 3 saturated heterocycles. The van der Waals surface area contributed by atoms with E-state index in [0.29, 0.717) is 75.0 Å². The lowest BCUT2D eigenvalue weighted by Gasteiger charge is -2.38. The predicted molar refractivity (Wildman–Crippen MR) is 270 cm³/mol. The van der Waals surface area contributed by atoms with E-state index in [-0.39, 0.29) is 33.3 Å². The molecule has 5 N–H and O–H groups in total. The zero-order chi connectivity index (χ0) is 59.9. The third-order valence-electron chi connectivity index (χ3n) is 14.4. The minimum absolute atomic E-state index is 0.0297. The van der Waals surface area contributed by atoms with Crippen molar-refractivity contribution in [2.75, 3.05) is 45.3 Å². The van der Waals surface area contributed by atoms with E-state index in [1.807, 2.05) is 21.7 Å². The van der Waals surface area contributed by atoms with Crippen LogP contribution in [-0.4, -0.2) is 143 Å². The number of piperidine rings is 1. The number of amides is 5. The zero-order valence-electron chi connectivity index (χ0n) is 44.8. The van der Waals surface area contributed by atoms with Gasteiger partial charge < -0.3 is 40.3 Å². The number of nitrogens with zero attached hydrogens (tertiary/aromatic N) is 6. The van der Waals surface area contributed by atoms with Gasteiger partial charge in [0, 0.05) is 80.3 Å². The lowest BCUT2D eigenvalue weighted by atomic mass is 9.82. The molecule has 2 bridgehead atoms. The molecule has 3 aliphatic heterocycles. The SMILES string of the molecule is COC(=O)N[C@H](C(=O)N[C@@H](Cc1ccc(C#Cc2ccc(N3CC4CCC(C3)N(C(C)=O)C4)nc2)cc1)[C@@H](O)CN(Cc1c(F)cc(-c2cnn(C(F)F)c2)cc1F)NC(=O)[C@@H](NC(=O)OC)C(C)(C)C(F)(F)F)C(C)(C)C(F)(F)F. The number of rotatable bonds is 18. The van der Waals surface area contributed by atoms with Crippen molar-refractivity contribution in [3.63, 3.8) is 0 Å². The van der Waals surface area contributed by atoms with Crippen LogP contribution in [0, 0.1) is 40.2 Å². The first kappa shape index (κ1) is 62.5. The fourth-order valence-electron chi connectivity index (χ4n) is 9.23. The minimum atomic E-state index is -5.24. The van der Waals surface area contributed by atoms with Gasteiger partial charge in [-0.15, -0.1) is 0 Å². The summed E-state index contributed by atoms with van der Waals surface area (Å²) in [6.45, 7) is 0.441. The number of methoxy groups -OCH3 is 2. The molecule has 81 heavy (non-hydrogen) atoms. The molecule has 4 aromatic rings. The van der Waals surface area contributed by atoms with Crippen molar-refractivity contribution >= 4 is 35.7 Å². The van der Waals surface area contributed by atoms with Crippen molar-refractivity contribution in [1.82, 2.24) is 46.0 Å². The summed E-state index contributed by atoms with van der Waals surface area (Å²) < 4.78 is 155. The number of carbonyl (C=O) groups is 5. The number of benzene rings is 2. The van der Waals surface area contributed by atoms with Crippen molar-refractivity contribution in [1.29, 1.82) is 0 Å². The average molecular weight is 1160 g/mol. The van der Waals surface area contributed by atoms with E-state index < -0.39 is 115 Å². The summed E-state index contributed by atoms with van der Waals surface area (Å²) in [5.41, 5.74) is -4.35. The van der Waals surface area contributed by atoms with E-state index in [2.05, 4.69) is 41.6 Å². The molecule has 6 atom stereocenters. The Labute approximate surface area is 458 Å². The van der Waals surface area contributed by atoms with Crippen molar-refractivity contribution < 1.29 is 82.5 Å². The zero-order valence-corrected chi connectivity index (χ0v) is 44.8. The molecule has 0 radical (unpaired) electrons. The lowest BCUT2D eigenvalue weighted by molar-refractivity contribution is -0.221. The van der Waals surface area contributed by atoms with E-state index in [0.717, 1.165) is 51.8 Å². The van der Waals surface area contributed by atoms with Crippen LogP contribution >= 0.6 is 0 Å². The maximum absolute atomic E-state index is 16.0. The number of nitrogens with one attached hydrogen (secondary N) is 4. The fourth-order valence-corrected chi connectivity index (χ4v) is 9.23. The molecule has 5 amide bonds. The number of aromatic nitrogens is 3. The number of halogens is 10. The summed E-state index contributed by atoms with van der Waals surface area (Å²) in [7, 11) is 1.59. The van der Waals surface area contributed by atoms with Crippen LogP contribution in [-0.2, 0) is 36.8 Å². The first-order valence-electron chi connectivity index (χ1n) is 25.1. The number of anilines is 1. The second kappa shape index (κ2) is 25.4. The van der Waals surface area contributed by atoms with Crippen molar-refractivity contribution in [3.05, 3.63) is 101 Å². The Balaban J connectivity index is 1.33. The van der Waals surface area contributed by atoms with Crippen LogP contribution in [0.2, 0.25) is 0 Å². The summed E-state index contributed by atoms with van der Waals surface area (Å²) in [6, 6.07) is 4.19. The van der Waals surface area contributed by atoms with Crippen LogP contribution < -0.4 is 26.3 Å². The Kier molecular flexibility index (Phi) is 19.6. The summed E-state index contributed by atoms with van der Waals surface area (Å²) in [5, 5.41) is 21.9. The fraction of sp³-hybridized carbons (Fsp3) is 0.491. The number of pyridine rings is 1. The Morgan fingerprint density at radius 1 is 0.765 bits per heavy atom. The number of alkyl carbamates (subject to hydrolysis) is 2. The van der Waals surface area contributed by atoms with E-state index in [1.165, 1.54) is 24.3 Å². The molecule has 440 valence electrons. The topological polar surface area (TPSA) is 213 Å². The van der Waals surface area contributed by atoms with E-state index >= 15 is 8.78 Å². The number of hydrazine groups is 1. The van der Waals surface area contributed by atoms with Gasteiger partial charge in [-0.05, 0) is 100 Å². The number of ether oxygens (including phenoxy) is 2. The highest BCUT2D eigenvalue weighted by molar-refractivity contribution is 5.87. The lowest BCUT2D eigenvalue weighted by Crippen LogP contribution is -2.63. The molecule has 2 aromatic heterocycles. The molecule has 3 aliphatic rings. The number of fused-ring (bicyclic) bond motifs is 4. The van der Waals surface area contributed by atoms with Crippen molar-refractivity contribution in [3.8, 4) is 23.0 Å². The van der Waals surface area contributed by atoms with Gasteiger partial charge in [0.25, 0.3) is 5.91 Å². The van der Waals surface area contributed by atoms with E-state index in [1.54, 1.807) is 24.5 Å². The first-order chi connectivity index (χ1) is 37.8. The molecule has 28 heteroatoms. The molecule has 0 aliphatic carbocycles. The van der Waals surface area contributed by atoms with Crippen LogP contribution in [0.25, 0.3) is 11.1 Å². The van der Waals surface area contributed by atoms with Gasteiger partial charge in [0.05, 0.1) is 43.4 Å². The number of aliphatic hydroxyl groups excluding tert-OH is 1. The Morgan fingerprint density at radius 3 is 1.85 bits per heavy atom. The van der Waals surface area contributed by atoms with Crippen LogP contribution in [0.5, 0.6) is 0 Å². The molecular formula is C53H60F10N10O8. The highest BCUT2D eigenvalue weighted by atomic mass is 19.4. The van der Waals surface area contributed by atoms with Gasteiger partial charge in [0.1, 0.15) is 29.5 Å². The van der Waals surface area contributed by atoms with Gasteiger partial charge in [0.15, 0.2) is 0 Å². The number of hydrogen-bond acceptors (Lipinski definition) is 12. The quantitative estimate of drug-likeness (QED) is 0.0387. The standard InChI is InChI=1S/C53H60F10N10O8/c1-29(74)72-24-33-14-16-36(72)26-70(23-33)42-17-15-32(21-64-42)13-10-30-8-11-31(12-9-30)18-40(66-45(76)43(67-48(78)80-6)50(2,3)52(58,59)60)41(75)28-71(69-46(77)44(68-49(79)81-7)51(4,5)53(61,62)63)27-37-38(54)19-34(20-39(37)55)35-22-65-73(25-35)47(56)57/h8-9,11-12,15,17,19-22,25,33,36,40-41,43-44,47,75H,14,16,18,23-24,26-28H2,1-7H3,(H,66,76)(H,67,78)(H,68,79)(H,69,77)/t33?,36?,40-,41-,43+,44+/m0/s1. The molecule has 2 unspecified atom stereocenters. The second-order valence-electron chi connectivity index (χ2n) is 20.8. The summed E-state index contributed by atoms with van der Waals surface area (Å²) in [6.07, 6.45) is -10.9. The number of carbonyl (C=O) groups excluding carboxylic acids is 5. The monoisotopic (exact) mass is 1150 g/mol. The summed E-state index contributed by atoms with van der Waals surface area (Å²) >= 11 is 0. The molecule has 7 rings (SSSR count). The van der Waals surface area contributed by atoms with Gasteiger partial charge in [-0.2, -0.15) is 40.2 Å². The van der Waals surface area contributed by atoms with E-state index in [4.69, 9.17) is 0 Å². The summed E-state index contributed by atoms with van der Waals surface area (Å²) in [4.78, 5) is 73.8. The third-order valence-corrected chi connectivity index (χ3v) is 14.4. The van der Waals surface area contributed by atoms with Crippen molar-refractivity contribution in [2.24, 2.45) is 16.7 Å². The predicted octanol–water partition coefficient (Wildman–Crippen LogP) is 7.01. The highest BCUT2D eigenvalue weighted by Gasteiger charge is 2.57. The van der Waals surface area contributed by atoms with Gasteiger partial charge in [-0.1, -0.05) is 24.0 Å². The molecule has 3 fully saturated rings. The molecule has 0 spiro atoms. The molecule has 5 heterocycles. The maximum atomic E-state index is 16.0. The van der Waals surface area contributed by atoms with Crippen LogP contribution in [0.3, 0.4) is 0 Å². The molecule has 2 aromatic carbocycles. The van der Waals surface area contributed by atoms with E-state index in [9.17, 15) is 64.2 Å². The van der Waals surface area contributed by atoms with Crippen LogP contribution in [0.15, 0.2) is 67.1 Å². The Hall–Kier alpha value is -7.67. The number of aliphatic hydroxyl groups is 1. The molecule has 0 saturated carbocycles. The van der Waals surface area contributed by atoms with Gasteiger partial charge >= 0.3 is 31.1 Å². The maximum Gasteiger partial charge on any atom is 0.407 e. The molecule has 18 nitrogen and oxygen atoms in total. The highest BCUT2D eigenvalue weighted by Crippen LogP contribution is 2.42. The molecular weight excluding hydrogens is 1090 g/mol. The Morgan fingerprint density at radius 2 is 1.33 bits per heavy atom. The van der Waals surface area contributed by atoms with Gasteiger partial charge in [-0.25, -0.2) is 33.0 Å². The number of hydrogen-bond donors (Lipinski definition) is 5. The Bertz CT molecular complexity index is 2940.